The van der Waals surface area contributed by atoms with Crippen molar-refractivity contribution >= 4 is 22.0 Å². The van der Waals surface area contributed by atoms with E-state index in [4.69, 9.17) is 5.53 Å². The van der Waals surface area contributed by atoms with E-state index >= 15 is 0 Å². The number of ketones is 1. The van der Waals surface area contributed by atoms with Gasteiger partial charge in [0.25, 0.3) is 0 Å². The molecule has 0 saturated heterocycles. The van der Waals surface area contributed by atoms with Gasteiger partial charge in [-0.2, -0.15) is 0 Å². The molecule has 0 atom stereocenters. The fourth-order valence-corrected chi connectivity index (χ4v) is 1.92. The predicted octanol–water partition coefficient (Wildman–Crippen LogP) is 1.89. The zero-order valence-electron chi connectivity index (χ0n) is 6.99. The number of azide groups is 1. The molecule has 0 amide bonds. The van der Waals surface area contributed by atoms with Gasteiger partial charge < -0.3 is 0 Å². The molecule has 0 bridgehead atoms. The van der Waals surface area contributed by atoms with Crippen LogP contribution in [0.3, 0.4) is 0 Å². The Morgan fingerprint density at radius 1 is 1.79 bits per heavy atom. The Balaban J connectivity index is 2.38. The highest BCUT2D eigenvalue weighted by Crippen LogP contribution is 2.16. The molecule has 0 unspecified atom stereocenters. The van der Waals surface area contributed by atoms with Crippen LogP contribution in [-0.2, 0) is 0 Å². The molecule has 2 heterocycles. The van der Waals surface area contributed by atoms with Crippen molar-refractivity contribution < 1.29 is 4.79 Å². The van der Waals surface area contributed by atoms with Gasteiger partial charge in [-0.1, -0.05) is 5.11 Å². The molecule has 14 heavy (non-hydrogen) atoms. The maximum atomic E-state index is 11.4. The summed E-state index contributed by atoms with van der Waals surface area (Å²) in [5, 5.41) is 5.07. The Kier molecular flexibility index (Phi) is 2.18. The molecule has 0 radical (unpaired) electrons. The quantitative estimate of drug-likeness (QED) is 0.333. The zero-order valence-corrected chi connectivity index (χ0v) is 7.81. The summed E-state index contributed by atoms with van der Waals surface area (Å²) in [6.07, 6.45) is 3.38. The van der Waals surface area contributed by atoms with Crippen molar-refractivity contribution in [3.63, 3.8) is 0 Å². The molecule has 6 nitrogen and oxygen atoms in total. The van der Waals surface area contributed by atoms with Gasteiger partial charge in [-0.25, -0.2) is 4.98 Å². The summed E-state index contributed by atoms with van der Waals surface area (Å²) < 4.78 is 1.76. The van der Waals surface area contributed by atoms with E-state index in [1.54, 1.807) is 10.7 Å². The molecular weight excluding hydrogens is 202 g/mol. The van der Waals surface area contributed by atoms with Crippen LogP contribution in [-0.4, -0.2) is 21.7 Å². The van der Waals surface area contributed by atoms with Gasteiger partial charge >= 0.3 is 0 Å². The van der Waals surface area contributed by atoms with Crippen molar-refractivity contribution in [2.75, 3.05) is 6.54 Å². The smallest absolute Gasteiger partial charge is 0.190 e. The van der Waals surface area contributed by atoms with Crippen molar-refractivity contribution in [2.45, 2.75) is 0 Å². The van der Waals surface area contributed by atoms with Crippen molar-refractivity contribution in [3.05, 3.63) is 34.0 Å². The topological polar surface area (TPSA) is 83.1 Å². The highest BCUT2D eigenvalue weighted by Gasteiger charge is 2.12. The van der Waals surface area contributed by atoms with Gasteiger partial charge in [0.1, 0.15) is 16.9 Å². The average Bonchev–Trinajstić information content (AvgIpc) is 2.74. The Morgan fingerprint density at radius 3 is 3.43 bits per heavy atom. The average molecular weight is 207 g/mol. The Bertz CT molecular complexity index is 521. The van der Waals surface area contributed by atoms with Crippen LogP contribution >= 0.6 is 11.3 Å². The number of aromatic nitrogens is 2. The fraction of sp³-hybridized carbons (Fsp3) is 0.143. The summed E-state index contributed by atoms with van der Waals surface area (Å²) in [6.45, 7) is -0.179. The molecule has 0 spiro atoms. The predicted molar refractivity (Wildman–Crippen MR) is 51.4 cm³/mol. The third kappa shape index (κ3) is 1.34. The number of hydrogen-bond donors (Lipinski definition) is 0. The second kappa shape index (κ2) is 3.49. The molecule has 2 aromatic heterocycles. The van der Waals surface area contributed by atoms with E-state index < -0.39 is 0 Å². The van der Waals surface area contributed by atoms with Crippen LogP contribution < -0.4 is 0 Å². The number of carbonyl (C=O) groups is 1. The third-order valence-corrected chi connectivity index (χ3v) is 2.58. The molecule has 0 aliphatic heterocycles. The van der Waals surface area contributed by atoms with E-state index in [2.05, 4.69) is 15.0 Å². The highest BCUT2D eigenvalue weighted by atomic mass is 32.1. The van der Waals surface area contributed by atoms with Crippen molar-refractivity contribution in [3.8, 4) is 0 Å². The molecule has 0 aliphatic rings. The number of carbonyl (C=O) groups excluding carboxylic acids is 1. The zero-order chi connectivity index (χ0) is 9.97. The molecule has 0 N–H and O–H groups in total. The summed E-state index contributed by atoms with van der Waals surface area (Å²) in [5.41, 5.74) is 8.44. The minimum Gasteiger partial charge on any atom is -0.296 e. The Hall–Kier alpha value is -1.85. The number of fused-ring (bicyclic) bond motifs is 1. The van der Waals surface area contributed by atoms with Gasteiger partial charge in [0.2, 0.25) is 0 Å². The summed E-state index contributed by atoms with van der Waals surface area (Å²) >= 11 is 1.43. The van der Waals surface area contributed by atoms with Gasteiger partial charge in [-0.05, 0) is 5.53 Å². The van der Waals surface area contributed by atoms with Crippen LogP contribution in [0.15, 0.2) is 23.0 Å². The molecular formula is C7H5N5OS. The minimum atomic E-state index is -0.257. The van der Waals surface area contributed by atoms with E-state index in [0.717, 1.165) is 4.83 Å². The number of imidazole rings is 1. The molecule has 70 valence electrons. The second-order valence-electron chi connectivity index (χ2n) is 2.52. The van der Waals surface area contributed by atoms with Crippen LogP contribution in [0.1, 0.15) is 10.5 Å². The lowest BCUT2D eigenvalue weighted by atomic mass is 10.3. The third-order valence-electron chi connectivity index (χ3n) is 1.69. The lowest BCUT2D eigenvalue weighted by molar-refractivity contribution is 0.0999. The summed E-state index contributed by atoms with van der Waals surface area (Å²) in [4.78, 5) is 18.7. The maximum absolute atomic E-state index is 11.4. The molecule has 2 aromatic rings. The van der Waals surface area contributed by atoms with E-state index in [-0.39, 0.29) is 12.3 Å². The number of Topliss-reactive ketones (excluding diaryl/α,β-unsaturated/α-hetero) is 1. The molecule has 7 heteroatoms. The minimum absolute atomic E-state index is 0.179. The van der Waals surface area contributed by atoms with Gasteiger partial charge in [0, 0.05) is 16.5 Å². The Morgan fingerprint density at radius 2 is 2.64 bits per heavy atom. The van der Waals surface area contributed by atoms with Crippen LogP contribution in [0.2, 0.25) is 0 Å². The number of thiazole rings is 1. The maximum Gasteiger partial charge on any atom is 0.190 e. The van der Waals surface area contributed by atoms with Gasteiger partial charge in [0.05, 0.1) is 6.54 Å². The molecule has 0 fully saturated rings. The normalized spacial score (nSPS) is 10.0. The second-order valence-corrected chi connectivity index (χ2v) is 3.42. The fourth-order valence-electron chi connectivity index (χ4n) is 1.10. The lowest BCUT2D eigenvalue weighted by Crippen LogP contribution is -2.02. The lowest BCUT2D eigenvalue weighted by Gasteiger charge is -1.88. The van der Waals surface area contributed by atoms with E-state index in [1.807, 2.05) is 11.6 Å². The van der Waals surface area contributed by atoms with Gasteiger partial charge in [0.15, 0.2) is 5.78 Å². The largest absolute Gasteiger partial charge is 0.296 e. The Labute approximate surface area is 82.4 Å². The first-order valence-corrected chi connectivity index (χ1v) is 4.65. The molecule has 2 rings (SSSR count). The van der Waals surface area contributed by atoms with Gasteiger partial charge in [-0.3, -0.25) is 9.20 Å². The van der Waals surface area contributed by atoms with E-state index in [0.29, 0.717) is 5.69 Å². The number of nitrogens with zero attached hydrogens (tertiary/aromatic N) is 5. The van der Waals surface area contributed by atoms with Crippen LogP contribution in [0.5, 0.6) is 0 Å². The van der Waals surface area contributed by atoms with Crippen molar-refractivity contribution in [2.24, 2.45) is 5.11 Å². The van der Waals surface area contributed by atoms with E-state index in [1.165, 1.54) is 11.3 Å². The van der Waals surface area contributed by atoms with Crippen LogP contribution in [0, 0.1) is 0 Å². The number of rotatable bonds is 3. The van der Waals surface area contributed by atoms with Crippen LogP contribution in [0.25, 0.3) is 15.3 Å². The summed E-state index contributed by atoms with van der Waals surface area (Å²) in [7, 11) is 0. The molecule has 0 aliphatic carbocycles. The first-order chi connectivity index (χ1) is 6.83. The monoisotopic (exact) mass is 207 g/mol. The van der Waals surface area contributed by atoms with E-state index in [9.17, 15) is 4.79 Å². The van der Waals surface area contributed by atoms with Gasteiger partial charge in [-0.15, -0.1) is 11.3 Å². The summed E-state index contributed by atoms with van der Waals surface area (Å²) in [6, 6.07) is 0. The first-order valence-electron chi connectivity index (χ1n) is 3.77. The van der Waals surface area contributed by atoms with Crippen molar-refractivity contribution in [1.82, 2.24) is 9.38 Å². The molecule has 0 aromatic carbocycles. The standard InChI is InChI=1S/C7H5N5OS/c8-11-10-3-5(13)6-7-12(4-9-6)1-2-14-7/h1-2,4H,3H2. The SMILES string of the molecule is [N-]=[N+]=NCC(=O)c1ncn2ccsc12. The molecule has 0 saturated carbocycles. The summed E-state index contributed by atoms with van der Waals surface area (Å²) in [5.74, 6) is -0.257. The highest BCUT2D eigenvalue weighted by molar-refractivity contribution is 7.15. The first kappa shape index (κ1) is 8.74. The number of hydrogen-bond acceptors (Lipinski definition) is 4. The van der Waals surface area contributed by atoms with Crippen molar-refractivity contribution in [1.29, 1.82) is 0 Å². The van der Waals surface area contributed by atoms with Crippen LogP contribution in [0.4, 0.5) is 0 Å².